The second kappa shape index (κ2) is 7.88. The quantitative estimate of drug-likeness (QED) is 0.511. The summed E-state index contributed by atoms with van der Waals surface area (Å²) < 4.78 is 32.6. The monoisotopic (exact) mass is 404 g/mol. The SMILES string of the molecule is O=[N+]([O-])c1c(Oc2ccc(C3CCCC3)cc2)ncnc1N1CCC(F)(F)CC1. The third-order valence-corrected chi connectivity index (χ3v) is 5.67. The van der Waals surface area contributed by atoms with E-state index in [0.717, 1.165) is 6.33 Å². The molecule has 7 nitrogen and oxygen atoms in total. The summed E-state index contributed by atoms with van der Waals surface area (Å²) in [5, 5.41) is 11.7. The Morgan fingerprint density at radius 2 is 1.76 bits per heavy atom. The van der Waals surface area contributed by atoms with Crippen molar-refractivity contribution in [1.82, 2.24) is 9.97 Å². The third-order valence-electron chi connectivity index (χ3n) is 5.67. The summed E-state index contributed by atoms with van der Waals surface area (Å²) in [6, 6.07) is 7.51. The van der Waals surface area contributed by atoms with E-state index in [2.05, 4.69) is 9.97 Å². The first-order chi connectivity index (χ1) is 13.9. The van der Waals surface area contributed by atoms with Crippen LogP contribution in [0.2, 0.25) is 0 Å². The Morgan fingerprint density at radius 1 is 1.10 bits per heavy atom. The van der Waals surface area contributed by atoms with E-state index >= 15 is 0 Å². The highest BCUT2D eigenvalue weighted by Crippen LogP contribution is 2.39. The third kappa shape index (κ3) is 4.28. The molecule has 1 aromatic carbocycles. The van der Waals surface area contributed by atoms with Crippen LogP contribution < -0.4 is 9.64 Å². The number of alkyl halides is 2. The highest BCUT2D eigenvalue weighted by Gasteiger charge is 2.37. The highest BCUT2D eigenvalue weighted by molar-refractivity contribution is 5.63. The zero-order valence-corrected chi connectivity index (χ0v) is 15.9. The Bertz CT molecular complexity index is 876. The molecule has 2 heterocycles. The van der Waals surface area contributed by atoms with E-state index in [1.807, 2.05) is 12.1 Å². The molecule has 29 heavy (non-hydrogen) atoms. The van der Waals surface area contributed by atoms with Gasteiger partial charge in [0.1, 0.15) is 12.1 Å². The molecule has 1 aliphatic heterocycles. The largest absolute Gasteiger partial charge is 0.434 e. The lowest BCUT2D eigenvalue weighted by Crippen LogP contribution is -2.40. The molecule has 0 atom stereocenters. The molecule has 1 saturated carbocycles. The molecule has 4 rings (SSSR count). The van der Waals surface area contributed by atoms with Crippen LogP contribution >= 0.6 is 0 Å². The summed E-state index contributed by atoms with van der Waals surface area (Å²) in [4.78, 5) is 20.5. The van der Waals surface area contributed by atoms with Crippen molar-refractivity contribution >= 4 is 11.5 Å². The molecule has 0 radical (unpaired) electrons. The predicted octanol–water partition coefficient (Wildman–Crippen LogP) is 5.07. The maximum Gasteiger partial charge on any atom is 0.373 e. The normalized spacial score (nSPS) is 19.3. The summed E-state index contributed by atoms with van der Waals surface area (Å²) in [6.45, 7) is -0.0270. The van der Waals surface area contributed by atoms with Gasteiger partial charge < -0.3 is 9.64 Å². The summed E-state index contributed by atoms with van der Waals surface area (Å²) in [5.41, 5.74) is 0.833. The van der Waals surface area contributed by atoms with E-state index < -0.39 is 16.5 Å². The number of aromatic nitrogens is 2. The number of nitro groups is 1. The summed E-state index contributed by atoms with van der Waals surface area (Å²) in [7, 11) is 0. The van der Waals surface area contributed by atoms with E-state index in [1.54, 1.807) is 12.1 Å². The van der Waals surface area contributed by atoms with Crippen LogP contribution in [-0.2, 0) is 0 Å². The van der Waals surface area contributed by atoms with E-state index in [0.29, 0.717) is 11.7 Å². The smallest absolute Gasteiger partial charge is 0.373 e. The summed E-state index contributed by atoms with van der Waals surface area (Å²) in [5.74, 6) is -1.94. The number of nitrogens with zero attached hydrogens (tertiary/aromatic N) is 4. The van der Waals surface area contributed by atoms with Crippen LogP contribution in [0, 0.1) is 10.1 Å². The first-order valence-corrected chi connectivity index (χ1v) is 9.83. The van der Waals surface area contributed by atoms with Crippen molar-refractivity contribution in [2.75, 3.05) is 18.0 Å². The lowest BCUT2D eigenvalue weighted by Gasteiger charge is -2.32. The van der Waals surface area contributed by atoms with Gasteiger partial charge in [0, 0.05) is 25.9 Å². The Labute approximate surface area is 166 Å². The topological polar surface area (TPSA) is 81.4 Å². The van der Waals surface area contributed by atoms with Gasteiger partial charge in [-0.15, -0.1) is 0 Å². The van der Waals surface area contributed by atoms with Gasteiger partial charge in [-0.2, -0.15) is 4.98 Å². The molecule has 0 N–H and O–H groups in total. The van der Waals surface area contributed by atoms with E-state index in [4.69, 9.17) is 4.74 Å². The maximum absolute atomic E-state index is 13.4. The minimum absolute atomic E-state index is 0.0121. The van der Waals surface area contributed by atoms with Crippen LogP contribution in [0.5, 0.6) is 11.6 Å². The van der Waals surface area contributed by atoms with Gasteiger partial charge in [-0.25, -0.2) is 13.8 Å². The molecular formula is C20H22F2N4O3. The zero-order valence-electron chi connectivity index (χ0n) is 15.9. The first-order valence-electron chi connectivity index (χ1n) is 9.83. The van der Waals surface area contributed by atoms with Crippen molar-refractivity contribution in [1.29, 1.82) is 0 Å². The minimum Gasteiger partial charge on any atom is -0.434 e. The Kier molecular flexibility index (Phi) is 5.29. The highest BCUT2D eigenvalue weighted by atomic mass is 19.3. The summed E-state index contributed by atoms with van der Waals surface area (Å²) in [6.07, 6.45) is 5.26. The molecule has 0 unspecified atom stereocenters. The molecule has 9 heteroatoms. The second-order valence-electron chi connectivity index (χ2n) is 7.60. The van der Waals surface area contributed by atoms with Crippen molar-refractivity contribution in [2.45, 2.75) is 50.4 Å². The number of ether oxygens (including phenoxy) is 1. The molecule has 1 saturated heterocycles. The number of piperidine rings is 1. The lowest BCUT2D eigenvalue weighted by molar-refractivity contribution is -0.385. The van der Waals surface area contributed by atoms with Crippen molar-refractivity contribution in [3.63, 3.8) is 0 Å². The fourth-order valence-electron chi connectivity index (χ4n) is 4.04. The van der Waals surface area contributed by atoms with Crippen LogP contribution in [0.4, 0.5) is 20.3 Å². The van der Waals surface area contributed by atoms with Crippen molar-refractivity contribution in [3.05, 3.63) is 46.3 Å². The fraction of sp³-hybridized carbons (Fsp3) is 0.500. The van der Waals surface area contributed by atoms with Crippen molar-refractivity contribution in [2.24, 2.45) is 0 Å². The van der Waals surface area contributed by atoms with Gasteiger partial charge in [0.2, 0.25) is 5.82 Å². The Balaban J connectivity index is 1.56. The first kappa shape index (κ1) is 19.5. The molecule has 1 aromatic heterocycles. The number of anilines is 1. The van der Waals surface area contributed by atoms with E-state index in [9.17, 15) is 18.9 Å². The Hall–Kier alpha value is -2.84. The number of halogens is 2. The van der Waals surface area contributed by atoms with Crippen LogP contribution in [0.1, 0.15) is 50.0 Å². The fourth-order valence-corrected chi connectivity index (χ4v) is 4.04. The van der Waals surface area contributed by atoms with Gasteiger partial charge in [-0.05, 0) is 36.5 Å². The molecule has 154 valence electrons. The number of hydrogen-bond donors (Lipinski definition) is 0. The van der Waals surface area contributed by atoms with Gasteiger partial charge in [0.05, 0.1) is 4.92 Å². The molecular weight excluding hydrogens is 382 g/mol. The molecule has 1 aliphatic carbocycles. The van der Waals surface area contributed by atoms with Crippen LogP contribution in [0.3, 0.4) is 0 Å². The van der Waals surface area contributed by atoms with Gasteiger partial charge >= 0.3 is 11.6 Å². The van der Waals surface area contributed by atoms with Gasteiger partial charge in [-0.1, -0.05) is 25.0 Å². The number of benzene rings is 1. The van der Waals surface area contributed by atoms with Gasteiger partial charge in [-0.3, -0.25) is 10.1 Å². The van der Waals surface area contributed by atoms with E-state index in [-0.39, 0.29) is 37.6 Å². The standard InChI is InChI=1S/C20H22F2N4O3/c21-20(22)9-11-25(12-10-20)18-17(26(27)28)19(24-13-23-18)29-16-7-5-15(6-8-16)14-3-1-2-4-14/h5-8,13-14H,1-4,9-12H2. The van der Waals surface area contributed by atoms with Crippen LogP contribution in [-0.4, -0.2) is 33.9 Å². The lowest BCUT2D eigenvalue weighted by atomic mass is 9.98. The second-order valence-corrected chi connectivity index (χ2v) is 7.60. The number of rotatable bonds is 5. The average molecular weight is 404 g/mol. The molecule has 2 fully saturated rings. The predicted molar refractivity (Wildman–Crippen MR) is 103 cm³/mol. The van der Waals surface area contributed by atoms with E-state index in [1.165, 1.54) is 36.1 Å². The van der Waals surface area contributed by atoms with Gasteiger partial charge in [0.25, 0.3) is 5.92 Å². The molecule has 0 bridgehead atoms. The van der Waals surface area contributed by atoms with Crippen molar-refractivity contribution in [3.8, 4) is 11.6 Å². The summed E-state index contributed by atoms with van der Waals surface area (Å²) >= 11 is 0. The van der Waals surface area contributed by atoms with Crippen LogP contribution in [0.15, 0.2) is 30.6 Å². The minimum atomic E-state index is -2.75. The maximum atomic E-state index is 13.4. The zero-order chi connectivity index (χ0) is 20.4. The average Bonchev–Trinajstić information content (AvgIpc) is 3.23. The molecule has 2 aromatic rings. The molecule has 0 spiro atoms. The number of hydrogen-bond acceptors (Lipinski definition) is 6. The van der Waals surface area contributed by atoms with Gasteiger partial charge in [0.15, 0.2) is 0 Å². The Morgan fingerprint density at radius 3 is 2.38 bits per heavy atom. The van der Waals surface area contributed by atoms with Crippen molar-refractivity contribution < 1.29 is 18.4 Å². The molecule has 0 amide bonds. The molecule has 2 aliphatic rings. The van der Waals surface area contributed by atoms with Crippen LogP contribution in [0.25, 0.3) is 0 Å².